The molecule has 0 amide bonds. The number of carbonyl (C=O) groups excluding carboxylic acids is 1. The number of non-ortho nitro benzene ring substituents is 1. The summed E-state index contributed by atoms with van der Waals surface area (Å²) >= 11 is 3.21. The molecule has 0 saturated heterocycles. The number of benzene rings is 2. The van der Waals surface area contributed by atoms with Crippen molar-refractivity contribution in [3.05, 3.63) is 67.9 Å². The predicted molar refractivity (Wildman–Crippen MR) is 76.9 cm³/mol. The molecule has 108 valence electrons. The van der Waals surface area contributed by atoms with E-state index in [1.54, 1.807) is 12.1 Å². The van der Waals surface area contributed by atoms with Crippen molar-refractivity contribution in [3.63, 3.8) is 0 Å². The van der Waals surface area contributed by atoms with Crippen LogP contribution in [0.3, 0.4) is 0 Å². The normalized spacial score (nSPS) is 10.2. The number of nitro benzene ring substituents is 1. The molecular weight excluding hydrogens is 345 g/mol. The number of aldehydes is 1. The highest BCUT2D eigenvalue weighted by molar-refractivity contribution is 9.10. The van der Waals surface area contributed by atoms with E-state index in [1.807, 2.05) is 0 Å². The van der Waals surface area contributed by atoms with E-state index in [1.165, 1.54) is 12.1 Å². The zero-order chi connectivity index (χ0) is 15.4. The van der Waals surface area contributed by atoms with Crippen LogP contribution in [-0.2, 0) is 6.61 Å². The number of nitro groups is 1. The first-order chi connectivity index (χ1) is 9.99. The smallest absolute Gasteiger partial charge is 0.272 e. The molecule has 0 aromatic heterocycles. The molecule has 2 rings (SSSR count). The lowest BCUT2D eigenvalue weighted by Crippen LogP contribution is -1.99. The lowest BCUT2D eigenvalue weighted by atomic mass is 10.2. The summed E-state index contributed by atoms with van der Waals surface area (Å²) in [7, 11) is 0. The zero-order valence-electron chi connectivity index (χ0n) is 10.6. The fourth-order valence-corrected chi connectivity index (χ4v) is 2.03. The van der Waals surface area contributed by atoms with Crippen LogP contribution in [0.5, 0.6) is 5.75 Å². The summed E-state index contributed by atoms with van der Waals surface area (Å²) in [6.07, 6.45) is 0.671. The molecule has 0 aliphatic carbocycles. The lowest BCUT2D eigenvalue weighted by Gasteiger charge is -2.07. The predicted octanol–water partition coefficient (Wildman–Crippen LogP) is 3.89. The summed E-state index contributed by atoms with van der Waals surface area (Å²) in [5.41, 5.74) is 0.410. The van der Waals surface area contributed by atoms with E-state index in [4.69, 9.17) is 4.74 Å². The average molecular weight is 354 g/mol. The van der Waals surface area contributed by atoms with Gasteiger partial charge in [-0.25, -0.2) is 4.39 Å². The van der Waals surface area contributed by atoms with Gasteiger partial charge in [-0.2, -0.15) is 0 Å². The van der Waals surface area contributed by atoms with Gasteiger partial charge in [0.1, 0.15) is 18.2 Å². The van der Waals surface area contributed by atoms with Gasteiger partial charge < -0.3 is 4.74 Å². The van der Waals surface area contributed by atoms with Crippen molar-refractivity contribution in [2.75, 3.05) is 0 Å². The summed E-state index contributed by atoms with van der Waals surface area (Å²) in [4.78, 5) is 20.8. The number of hydrogen-bond acceptors (Lipinski definition) is 4. The van der Waals surface area contributed by atoms with Crippen LogP contribution in [0.15, 0.2) is 40.9 Å². The van der Waals surface area contributed by atoms with E-state index >= 15 is 0 Å². The molecule has 0 aliphatic rings. The maximum absolute atomic E-state index is 13.3. The van der Waals surface area contributed by atoms with E-state index in [2.05, 4.69) is 15.9 Å². The standard InChI is InChI=1S/C14H9BrFNO4/c15-14-2-1-13(5-10(14)7-18)21-8-9-3-11(16)6-12(4-9)17(19)20/h1-7H,8H2. The first kappa shape index (κ1) is 15.1. The quantitative estimate of drug-likeness (QED) is 0.464. The summed E-state index contributed by atoms with van der Waals surface area (Å²) in [6.45, 7) is -0.0431. The molecule has 0 aliphatic heterocycles. The van der Waals surface area contributed by atoms with Crippen LogP contribution >= 0.6 is 15.9 Å². The Balaban J connectivity index is 2.16. The summed E-state index contributed by atoms with van der Waals surface area (Å²) in [6, 6.07) is 8.03. The van der Waals surface area contributed by atoms with Crippen molar-refractivity contribution in [1.82, 2.24) is 0 Å². The highest BCUT2D eigenvalue weighted by atomic mass is 79.9. The minimum Gasteiger partial charge on any atom is -0.489 e. The van der Waals surface area contributed by atoms with Crippen LogP contribution < -0.4 is 4.74 Å². The molecule has 0 N–H and O–H groups in total. The van der Waals surface area contributed by atoms with Gasteiger partial charge >= 0.3 is 0 Å². The number of nitrogens with zero attached hydrogens (tertiary/aromatic N) is 1. The average Bonchev–Trinajstić information content (AvgIpc) is 2.45. The van der Waals surface area contributed by atoms with Crippen LogP contribution in [-0.4, -0.2) is 11.2 Å². The Labute approximate surface area is 127 Å². The first-order valence-corrected chi connectivity index (χ1v) is 6.60. The van der Waals surface area contributed by atoms with Crippen molar-refractivity contribution in [2.24, 2.45) is 0 Å². The second-order valence-electron chi connectivity index (χ2n) is 4.16. The molecule has 0 saturated carbocycles. The van der Waals surface area contributed by atoms with E-state index in [-0.39, 0.29) is 12.3 Å². The van der Waals surface area contributed by atoms with E-state index in [9.17, 15) is 19.3 Å². The number of hydrogen-bond donors (Lipinski definition) is 0. The van der Waals surface area contributed by atoms with Gasteiger partial charge in [-0.3, -0.25) is 14.9 Å². The fourth-order valence-electron chi connectivity index (χ4n) is 1.69. The number of carbonyl (C=O) groups is 1. The van der Waals surface area contributed by atoms with E-state index in [0.29, 0.717) is 27.6 Å². The Hall–Kier alpha value is -2.28. The third kappa shape index (κ3) is 3.85. The fraction of sp³-hybridized carbons (Fsp3) is 0.0714. The third-order valence-electron chi connectivity index (χ3n) is 2.65. The number of ether oxygens (including phenoxy) is 1. The molecular formula is C14H9BrFNO4. The van der Waals surface area contributed by atoms with Crippen LogP contribution in [0.25, 0.3) is 0 Å². The van der Waals surface area contributed by atoms with E-state index in [0.717, 1.165) is 12.1 Å². The lowest BCUT2D eigenvalue weighted by molar-refractivity contribution is -0.385. The van der Waals surface area contributed by atoms with Crippen molar-refractivity contribution in [3.8, 4) is 5.75 Å². The monoisotopic (exact) mass is 353 g/mol. The molecule has 0 spiro atoms. The SMILES string of the molecule is O=Cc1cc(OCc2cc(F)cc([N+](=O)[O-])c2)ccc1Br. The van der Waals surface area contributed by atoms with Crippen molar-refractivity contribution >= 4 is 27.9 Å². The topological polar surface area (TPSA) is 69.4 Å². The van der Waals surface area contributed by atoms with Gasteiger partial charge in [0.05, 0.1) is 11.0 Å². The summed E-state index contributed by atoms with van der Waals surface area (Å²) in [5.74, 6) is -0.292. The Morgan fingerprint density at radius 1 is 1.29 bits per heavy atom. The van der Waals surface area contributed by atoms with Gasteiger partial charge in [0.15, 0.2) is 6.29 Å². The van der Waals surface area contributed by atoms with E-state index < -0.39 is 10.7 Å². The van der Waals surface area contributed by atoms with Crippen LogP contribution in [0.2, 0.25) is 0 Å². The summed E-state index contributed by atoms with van der Waals surface area (Å²) < 4.78 is 19.3. The second kappa shape index (κ2) is 6.45. The molecule has 7 heteroatoms. The molecule has 5 nitrogen and oxygen atoms in total. The highest BCUT2D eigenvalue weighted by Crippen LogP contribution is 2.23. The number of halogens is 2. The highest BCUT2D eigenvalue weighted by Gasteiger charge is 2.10. The molecule has 0 atom stereocenters. The maximum atomic E-state index is 13.3. The molecule has 2 aromatic rings. The van der Waals surface area contributed by atoms with Crippen LogP contribution in [0, 0.1) is 15.9 Å². The van der Waals surface area contributed by atoms with Crippen molar-refractivity contribution in [2.45, 2.75) is 6.61 Å². The molecule has 0 radical (unpaired) electrons. The molecule has 2 aromatic carbocycles. The Morgan fingerprint density at radius 2 is 2.05 bits per heavy atom. The maximum Gasteiger partial charge on any atom is 0.272 e. The Morgan fingerprint density at radius 3 is 2.71 bits per heavy atom. The molecule has 0 heterocycles. The van der Waals surface area contributed by atoms with Gasteiger partial charge in [-0.15, -0.1) is 0 Å². The van der Waals surface area contributed by atoms with Gasteiger partial charge in [-0.05, 0) is 29.8 Å². The third-order valence-corrected chi connectivity index (χ3v) is 3.38. The Kier molecular flexibility index (Phi) is 4.64. The molecule has 0 fully saturated rings. The Bertz CT molecular complexity index is 705. The minimum atomic E-state index is -0.702. The van der Waals surface area contributed by atoms with Crippen molar-refractivity contribution in [1.29, 1.82) is 0 Å². The summed E-state index contributed by atoms with van der Waals surface area (Å²) in [5, 5.41) is 10.7. The van der Waals surface area contributed by atoms with Gasteiger partial charge in [0, 0.05) is 16.1 Å². The van der Waals surface area contributed by atoms with Gasteiger partial charge in [-0.1, -0.05) is 15.9 Å². The molecule has 0 unspecified atom stereocenters. The first-order valence-electron chi connectivity index (χ1n) is 5.81. The number of rotatable bonds is 5. The zero-order valence-corrected chi connectivity index (χ0v) is 12.2. The van der Waals surface area contributed by atoms with Crippen LogP contribution in [0.4, 0.5) is 10.1 Å². The second-order valence-corrected chi connectivity index (χ2v) is 5.02. The van der Waals surface area contributed by atoms with Crippen LogP contribution in [0.1, 0.15) is 15.9 Å². The largest absolute Gasteiger partial charge is 0.489 e. The van der Waals surface area contributed by atoms with Gasteiger partial charge in [0.2, 0.25) is 0 Å². The minimum absolute atomic E-state index is 0.0431. The molecule has 0 bridgehead atoms. The van der Waals surface area contributed by atoms with Crippen molar-refractivity contribution < 1.29 is 18.8 Å². The molecule has 21 heavy (non-hydrogen) atoms. The van der Waals surface area contributed by atoms with Gasteiger partial charge in [0.25, 0.3) is 5.69 Å².